The second-order valence-corrected chi connectivity index (χ2v) is 3.92. The Bertz CT molecular complexity index is 464. The van der Waals surface area contributed by atoms with Gasteiger partial charge >= 0.3 is 0 Å². The summed E-state index contributed by atoms with van der Waals surface area (Å²) in [5.41, 5.74) is 1.72. The second-order valence-electron chi connectivity index (χ2n) is 3.01. The minimum absolute atomic E-state index is 0.0380. The molecule has 0 unspecified atom stereocenters. The number of aliphatic hydroxyl groups is 1. The molecule has 0 amide bonds. The van der Waals surface area contributed by atoms with E-state index in [9.17, 15) is 5.11 Å². The van der Waals surface area contributed by atoms with Gasteiger partial charge in [0.05, 0.1) is 24.1 Å². The number of methoxy groups -OCH3 is 1. The molecule has 0 aromatic carbocycles. The molecule has 2 heterocycles. The van der Waals surface area contributed by atoms with E-state index in [1.807, 2.05) is 18.4 Å². The summed E-state index contributed by atoms with van der Waals surface area (Å²) in [6.45, 7) is 1.91. The Hall–Kier alpha value is -1.13. The molecule has 0 aliphatic rings. The van der Waals surface area contributed by atoms with Gasteiger partial charge < -0.3 is 9.84 Å². The summed E-state index contributed by atoms with van der Waals surface area (Å²) in [7, 11) is 1.57. The van der Waals surface area contributed by atoms with Gasteiger partial charge in [-0.2, -0.15) is 0 Å². The number of hydrogen-bond acceptors (Lipinski definition) is 4. The number of aliphatic hydroxyl groups excluding tert-OH is 1. The van der Waals surface area contributed by atoms with Gasteiger partial charge in [0.1, 0.15) is 0 Å². The molecule has 0 aliphatic heterocycles. The third kappa shape index (κ3) is 1.27. The van der Waals surface area contributed by atoms with Gasteiger partial charge in [0, 0.05) is 10.9 Å². The zero-order valence-corrected chi connectivity index (χ0v) is 8.89. The molecule has 2 rings (SSSR count). The monoisotopic (exact) mass is 209 g/mol. The van der Waals surface area contributed by atoms with Crippen LogP contribution >= 0.6 is 11.3 Å². The van der Waals surface area contributed by atoms with Crippen molar-refractivity contribution in [2.45, 2.75) is 13.5 Å². The van der Waals surface area contributed by atoms with Crippen LogP contribution in [-0.4, -0.2) is 17.2 Å². The van der Waals surface area contributed by atoms with Crippen LogP contribution in [0.25, 0.3) is 10.1 Å². The van der Waals surface area contributed by atoms with E-state index >= 15 is 0 Å². The maximum absolute atomic E-state index is 9.24. The standard InChI is InChI=1S/C10H11NO2S/c1-6-9-7(3-4-14-9)8(5-12)10(11-6)13-2/h3-4,12H,5H2,1-2H3. The fourth-order valence-corrected chi connectivity index (χ4v) is 2.41. The molecule has 0 saturated heterocycles. The number of ether oxygens (including phenoxy) is 1. The van der Waals surface area contributed by atoms with Crippen molar-refractivity contribution in [3.8, 4) is 5.88 Å². The summed E-state index contributed by atoms with van der Waals surface area (Å²) in [5.74, 6) is 0.524. The first-order valence-corrected chi connectivity index (χ1v) is 5.17. The lowest BCUT2D eigenvalue weighted by Gasteiger charge is -2.07. The van der Waals surface area contributed by atoms with Crippen LogP contribution in [0.2, 0.25) is 0 Å². The average Bonchev–Trinajstić information content (AvgIpc) is 2.66. The highest BCUT2D eigenvalue weighted by molar-refractivity contribution is 7.17. The van der Waals surface area contributed by atoms with Gasteiger partial charge in [-0.05, 0) is 18.4 Å². The Kier molecular flexibility index (Phi) is 2.39. The number of aromatic nitrogens is 1. The van der Waals surface area contributed by atoms with Crippen molar-refractivity contribution in [3.05, 3.63) is 22.7 Å². The van der Waals surface area contributed by atoms with E-state index in [1.54, 1.807) is 18.4 Å². The predicted octanol–water partition coefficient (Wildman–Crippen LogP) is 2.11. The van der Waals surface area contributed by atoms with Crippen LogP contribution < -0.4 is 4.74 Å². The fourth-order valence-electron chi connectivity index (χ4n) is 1.53. The lowest BCUT2D eigenvalue weighted by atomic mass is 10.1. The Morgan fingerprint density at radius 1 is 1.57 bits per heavy atom. The number of nitrogens with zero attached hydrogens (tertiary/aromatic N) is 1. The van der Waals surface area contributed by atoms with E-state index in [0.29, 0.717) is 5.88 Å². The molecule has 14 heavy (non-hydrogen) atoms. The van der Waals surface area contributed by atoms with E-state index in [2.05, 4.69) is 4.98 Å². The van der Waals surface area contributed by atoms with Crippen LogP contribution in [0, 0.1) is 6.92 Å². The van der Waals surface area contributed by atoms with Crippen molar-refractivity contribution < 1.29 is 9.84 Å². The molecule has 0 aliphatic carbocycles. The van der Waals surface area contributed by atoms with E-state index in [1.165, 1.54) is 0 Å². The highest BCUT2D eigenvalue weighted by Crippen LogP contribution is 2.31. The molecule has 3 nitrogen and oxygen atoms in total. The minimum atomic E-state index is -0.0380. The van der Waals surface area contributed by atoms with Crippen molar-refractivity contribution >= 4 is 21.4 Å². The zero-order valence-electron chi connectivity index (χ0n) is 8.07. The Morgan fingerprint density at radius 2 is 2.36 bits per heavy atom. The number of fused-ring (bicyclic) bond motifs is 1. The van der Waals surface area contributed by atoms with Crippen LogP contribution in [0.4, 0.5) is 0 Å². The minimum Gasteiger partial charge on any atom is -0.481 e. The van der Waals surface area contributed by atoms with Gasteiger partial charge in [0.15, 0.2) is 0 Å². The Labute approximate surface area is 86.0 Å². The highest BCUT2D eigenvalue weighted by atomic mass is 32.1. The third-order valence-electron chi connectivity index (χ3n) is 2.20. The van der Waals surface area contributed by atoms with E-state index in [0.717, 1.165) is 21.3 Å². The molecular formula is C10H11NO2S. The molecule has 0 bridgehead atoms. The zero-order chi connectivity index (χ0) is 10.1. The van der Waals surface area contributed by atoms with Gasteiger partial charge in [-0.1, -0.05) is 0 Å². The molecule has 1 N–H and O–H groups in total. The van der Waals surface area contributed by atoms with Crippen LogP contribution in [0.5, 0.6) is 5.88 Å². The van der Waals surface area contributed by atoms with Crippen LogP contribution in [-0.2, 0) is 6.61 Å². The van der Waals surface area contributed by atoms with Crippen LogP contribution in [0.1, 0.15) is 11.3 Å². The predicted molar refractivity (Wildman–Crippen MR) is 56.8 cm³/mol. The van der Waals surface area contributed by atoms with Crippen molar-refractivity contribution in [3.63, 3.8) is 0 Å². The highest BCUT2D eigenvalue weighted by Gasteiger charge is 2.12. The Morgan fingerprint density at radius 3 is 3.00 bits per heavy atom. The first-order chi connectivity index (χ1) is 6.77. The second kappa shape index (κ2) is 3.55. The summed E-state index contributed by atoms with van der Waals surface area (Å²) in [6.07, 6.45) is 0. The molecular weight excluding hydrogens is 198 g/mol. The number of rotatable bonds is 2. The van der Waals surface area contributed by atoms with Gasteiger partial charge in [-0.15, -0.1) is 11.3 Å². The molecule has 2 aromatic rings. The molecule has 2 aromatic heterocycles. The van der Waals surface area contributed by atoms with Crippen molar-refractivity contribution in [1.29, 1.82) is 0 Å². The number of aryl methyl sites for hydroxylation is 1. The number of thiophene rings is 1. The molecule has 0 radical (unpaired) electrons. The van der Waals surface area contributed by atoms with Crippen LogP contribution in [0.3, 0.4) is 0 Å². The summed E-state index contributed by atoms with van der Waals surface area (Å²) in [6, 6.07) is 1.99. The lowest BCUT2D eigenvalue weighted by molar-refractivity contribution is 0.273. The molecule has 0 spiro atoms. The van der Waals surface area contributed by atoms with Gasteiger partial charge in [0.25, 0.3) is 0 Å². The molecule has 4 heteroatoms. The summed E-state index contributed by atoms with van der Waals surface area (Å²) in [4.78, 5) is 4.29. The van der Waals surface area contributed by atoms with E-state index < -0.39 is 0 Å². The van der Waals surface area contributed by atoms with Gasteiger partial charge in [-0.25, -0.2) is 4.98 Å². The smallest absolute Gasteiger partial charge is 0.219 e. The van der Waals surface area contributed by atoms with Crippen LogP contribution in [0.15, 0.2) is 11.4 Å². The molecule has 0 saturated carbocycles. The SMILES string of the molecule is COc1nc(C)c2sccc2c1CO. The van der Waals surface area contributed by atoms with Gasteiger partial charge in [-0.3, -0.25) is 0 Å². The molecule has 74 valence electrons. The quantitative estimate of drug-likeness (QED) is 0.823. The maximum Gasteiger partial charge on any atom is 0.219 e. The molecule has 0 fully saturated rings. The van der Waals surface area contributed by atoms with Crippen molar-refractivity contribution in [1.82, 2.24) is 4.98 Å². The fraction of sp³-hybridized carbons (Fsp3) is 0.300. The van der Waals surface area contributed by atoms with Crippen molar-refractivity contribution in [2.75, 3.05) is 7.11 Å². The van der Waals surface area contributed by atoms with E-state index in [4.69, 9.17) is 4.74 Å². The van der Waals surface area contributed by atoms with Gasteiger partial charge in [0.2, 0.25) is 5.88 Å². The van der Waals surface area contributed by atoms with Crippen molar-refractivity contribution in [2.24, 2.45) is 0 Å². The third-order valence-corrected chi connectivity index (χ3v) is 3.22. The van der Waals surface area contributed by atoms with E-state index in [-0.39, 0.29) is 6.61 Å². The topological polar surface area (TPSA) is 42.4 Å². The summed E-state index contributed by atoms with van der Waals surface area (Å²) >= 11 is 1.63. The largest absolute Gasteiger partial charge is 0.481 e. The molecule has 0 atom stereocenters. The average molecular weight is 209 g/mol. The first-order valence-electron chi connectivity index (χ1n) is 4.29. The number of hydrogen-bond donors (Lipinski definition) is 1. The Balaban J connectivity index is 2.82. The first kappa shape index (κ1) is 9.43. The maximum atomic E-state index is 9.24. The summed E-state index contributed by atoms with van der Waals surface area (Å²) < 4.78 is 6.25. The number of pyridine rings is 1. The normalized spacial score (nSPS) is 10.8. The summed E-state index contributed by atoms with van der Waals surface area (Å²) in [5, 5.41) is 12.3. The lowest BCUT2D eigenvalue weighted by Crippen LogP contribution is -1.97.